The first-order valence-corrected chi connectivity index (χ1v) is 5.82. The lowest BCUT2D eigenvalue weighted by molar-refractivity contribution is -0.141. The van der Waals surface area contributed by atoms with Crippen LogP contribution in [0, 0.1) is 0 Å². The van der Waals surface area contributed by atoms with Crippen LogP contribution in [-0.4, -0.2) is 33.1 Å². The van der Waals surface area contributed by atoms with Crippen LogP contribution in [0.4, 0.5) is 24.9 Å². The number of aromatic nitrogens is 4. The maximum atomic E-state index is 12.7. The average molecular weight is 286 g/mol. The van der Waals surface area contributed by atoms with Gasteiger partial charge in [-0.25, -0.2) is 9.97 Å². The van der Waals surface area contributed by atoms with Gasteiger partial charge in [-0.15, -0.1) is 0 Å². The third-order valence-electron chi connectivity index (χ3n) is 2.48. The van der Waals surface area contributed by atoms with Gasteiger partial charge in [0, 0.05) is 38.6 Å². The molecule has 20 heavy (non-hydrogen) atoms. The first-order valence-electron chi connectivity index (χ1n) is 5.82. The van der Waals surface area contributed by atoms with Crippen molar-refractivity contribution in [3.05, 3.63) is 30.5 Å². The monoisotopic (exact) mass is 286 g/mol. The van der Waals surface area contributed by atoms with Gasteiger partial charge in [-0.05, 0) is 0 Å². The van der Waals surface area contributed by atoms with Crippen LogP contribution in [0.1, 0.15) is 5.69 Å². The molecule has 9 heteroatoms. The summed E-state index contributed by atoms with van der Waals surface area (Å²) in [5, 5.41) is 5.34. The van der Waals surface area contributed by atoms with Crippen molar-refractivity contribution in [2.24, 2.45) is 0 Å². The minimum absolute atomic E-state index is 0.0787. The van der Waals surface area contributed by atoms with Gasteiger partial charge >= 0.3 is 6.18 Å². The topological polar surface area (TPSA) is 67.7 Å². The molecule has 0 aliphatic carbocycles. The van der Waals surface area contributed by atoms with Crippen LogP contribution in [-0.2, 0) is 12.7 Å². The van der Waals surface area contributed by atoms with E-state index in [0.29, 0.717) is 13.1 Å². The van der Waals surface area contributed by atoms with Gasteiger partial charge in [0.05, 0.1) is 6.33 Å². The van der Waals surface area contributed by atoms with Crippen molar-refractivity contribution in [2.75, 3.05) is 24.2 Å². The molecule has 0 radical (unpaired) electrons. The second-order valence-corrected chi connectivity index (χ2v) is 3.94. The molecule has 0 aromatic carbocycles. The molecule has 2 heterocycles. The van der Waals surface area contributed by atoms with Crippen molar-refractivity contribution in [1.29, 1.82) is 0 Å². The Morgan fingerprint density at radius 1 is 1.30 bits per heavy atom. The molecular weight excluding hydrogens is 273 g/mol. The Labute approximate surface area is 113 Å². The Balaban J connectivity index is 2.06. The number of anilines is 2. The third kappa shape index (κ3) is 3.59. The first-order chi connectivity index (χ1) is 9.49. The van der Waals surface area contributed by atoms with Crippen molar-refractivity contribution in [1.82, 2.24) is 19.5 Å². The zero-order valence-corrected chi connectivity index (χ0v) is 10.6. The summed E-state index contributed by atoms with van der Waals surface area (Å²) in [7, 11) is 1.46. The van der Waals surface area contributed by atoms with Crippen molar-refractivity contribution < 1.29 is 13.2 Å². The number of halogens is 3. The summed E-state index contributed by atoms with van der Waals surface area (Å²) in [6.07, 6.45) is 0.518. The zero-order valence-electron chi connectivity index (χ0n) is 10.6. The number of imidazole rings is 1. The summed E-state index contributed by atoms with van der Waals surface area (Å²) in [5.41, 5.74) is -0.984. The third-order valence-corrected chi connectivity index (χ3v) is 2.48. The van der Waals surface area contributed by atoms with E-state index in [1.807, 2.05) is 0 Å². The van der Waals surface area contributed by atoms with E-state index < -0.39 is 11.9 Å². The van der Waals surface area contributed by atoms with Crippen LogP contribution in [0.3, 0.4) is 0 Å². The lowest BCUT2D eigenvalue weighted by Crippen LogP contribution is -2.15. The first kappa shape index (κ1) is 14.1. The zero-order chi connectivity index (χ0) is 14.6. The Bertz CT molecular complexity index is 552. The van der Waals surface area contributed by atoms with Crippen molar-refractivity contribution >= 4 is 11.8 Å². The molecule has 0 bridgehead atoms. The van der Waals surface area contributed by atoms with Crippen LogP contribution >= 0.6 is 0 Å². The molecule has 2 N–H and O–H groups in total. The summed E-state index contributed by atoms with van der Waals surface area (Å²) in [4.78, 5) is 11.2. The number of nitrogens with one attached hydrogen (secondary N) is 2. The largest absolute Gasteiger partial charge is 0.433 e. The fourth-order valence-electron chi connectivity index (χ4n) is 1.53. The molecule has 0 saturated heterocycles. The van der Waals surface area contributed by atoms with Gasteiger partial charge in [0.1, 0.15) is 5.82 Å². The summed E-state index contributed by atoms with van der Waals surface area (Å²) in [6, 6.07) is 0.884. The smallest absolute Gasteiger partial charge is 0.368 e. The summed E-state index contributed by atoms with van der Waals surface area (Å²) < 4.78 is 39.8. The van der Waals surface area contributed by atoms with Gasteiger partial charge in [0.15, 0.2) is 5.69 Å². The number of alkyl halides is 3. The second-order valence-electron chi connectivity index (χ2n) is 3.94. The molecule has 2 aromatic rings. The van der Waals surface area contributed by atoms with Gasteiger partial charge in [0.25, 0.3) is 0 Å². The van der Waals surface area contributed by atoms with Gasteiger partial charge in [-0.1, -0.05) is 0 Å². The lowest BCUT2D eigenvalue weighted by atomic mass is 10.3. The van der Waals surface area contributed by atoms with Gasteiger partial charge in [0.2, 0.25) is 5.95 Å². The number of nitrogens with zero attached hydrogens (tertiary/aromatic N) is 4. The average Bonchev–Trinajstić information content (AvgIpc) is 2.90. The van der Waals surface area contributed by atoms with Gasteiger partial charge in [-0.2, -0.15) is 18.2 Å². The van der Waals surface area contributed by atoms with E-state index in [2.05, 4.69) is 25.6 Å². The SMILES string of the molecule is CNc1nc(NCCn2ccnc2)cc(C(F)(F)F)n1. The van der Waals surface area contributed by atoms with Crippen molar-refractivity contribution in [3.63, 3.8) is 0 Å². The number of rotatable bonds is 5. The second kappa shape index (κ2) is 5.76. The van der Waals surface area contributed by atoms with E-state index in [-0.39, 0.29) is 11.8 Å². The van der Waals surface area contributed by atoms with E-state index in [1.54, 1.807) is 23.3 Å². The molecule has 6 nitrogen and oxygen atoms in total. The summed E-state index contributed by atoms with van der Waals surface area (Å²) in [5.74, 6) is 0.0433. The van der Waals surface area contributed by atoms with E-state index in [1.165, 1.54) is 7.05 Å². The molecule has 0 spiro atoms. The highest BCUT2D eigenvalue weighted by molar-refractivity contribution is 5.42. The molecule has 0 amide bonds. The van der Waals surface area contributed by atoms with Crippen LogP contribution in [0.15, 0.2) is 24.8 Å². The lowest BCUT2D eigenvalue weighted by Gasteiger charge is -2.11. The Kier molecular flexibility index (Phi) is 4.06. The maximum Gasteiger partial charge on any atom is 0.433 e. The minimum Gasteiger partial charge on any atom is -0.368 e. The molecular formula is C11H13F3N6. The normalized spacial score (nSPS) is 11.4. The van der Waals surface area contributed by atoms with Crippen LogP contribution in [0.2, 0.25) is 0 Å². The van der Waals surface area contributed by atoms with Crippen molar-refractivity contribution in [3.8, 4) is 0 Å². The molecule has 2 rings (SSSR count). The van der Waals surface area contributed by atoms with Crippen molar-refractivity contribution in [2.45, 2.75) is 12.7 Å². The van der Waals surface area contributed by atoms with Crippen LogP contribution < -0.4 is 10.6 Å². The Morgan fingerprint density at radius 3 is 2.70 bits per heavy atom. The summed E-state index contributed by atoms with van der Waals surface area (Å²) in [6.45, 7) is 0.994. The van der Waals surface area contributed by atoms with Crippen LogP contribution in [0.5, 0.6) is 0 Å². The molecule has 0 aliphatic heterocycles. The quantitative estimate of drug-likeness (QED) is 0.878. The van der Waals surface area contributed by atoms with E-state index in [4.69, 9.17) is 0 Å². The summed E-state index contributed by atoms with van der Waals surface area (Å²) >= 11 is 0. The predicted molar refractivity (Wildman–Crippen MR) is 67.3 cm³/mol. The predicted octanol–water partition coefficient (Wildman–Crippen LogP) is 1.85. The standard InChI is InChI=1S/C11H13F3N6/c1-15-10-18-8(11(12,13)14)6-9(19-10)17-3-5-20-4-2-16-7-20/h2,4,6-7H,3,5H2,1H3,(H2,15,17,18,19). The molecule has 2 aromatic heterocycles. The molecule has 0 atom stereocenters. The molecule has 0 aliphatic rings. The maximum absolute atomic E-state index is 12.7. The molecule has 0 fully saturated rings. The van der Waals surface area contributed by atoms with Gasteiger partial charge in [-0.3, -0.25) is 0 Å². The number of hydrogen-bond donors (Lipinski definition) is 2. The molecule has 0 unspecified atom stereocenters. The number of hydrogen-bond acceptors (Lipinski definition) is 5. The van der Waals surface area contributed by atoms with Crippen LogP contribution in [0.25, 0.3) is 0 Å². The van der Waals surface area contributed by atoms with E-state index >= 15 is 0 Å². The Hall–Kier alpha value is -2.32. The van der Waals surface area contributed by atoms with E-state index in [9.17, 15) is 13.2 Å². The fraction of sp³-hybridized carbons (Fsp3) is 0.364. The highest BCUT2D eigenvalue weighted by Gasteiger charge is 2.33. The molecule has 0 saturated carbocycles. The van der Waals surface area contributed by atoms with E-state index in [0.717, 1.165) is 6.07 Å². The minimum atomic E-state index is -4.50. The molecule has 108 valence electrons. The fourth-order valence-corrected chi connectivity index (χ4v) is 1.53. The highest BCUT2D eigenvalue weighted by Crippen LogP contribution is 2.29. The Morgan fingerprint density at radius 2 is 2.10 bits per heavy atom. The highest BCUT2D eigenvalue weighted by atomic mass is 19.4. The van der Waals surface area contributed by atoms with Gasteiger partial charge < -0.3 is 15.2 Å².